The van der Waals surface area contributed by atoms with Crippen LogP contribution in [-0.2, 0) is 14.3 Å². The Morgan fingerprint density at radius 3 is 2.33 bits per heavy atom. The van der Waals surface area contributed by atoms with Crippen LogP contribution in [0, 0.1) is 0 Å². The average Bonchev–Trinajstić information content (AvgIpc) is 2.34. The van der Waals surface area contributed by atoms with Gasteiger partial charge in [-0.05, 0) is 12.8 Å². The summed E-state index contributed by atoms with van der Waals surface area (Å²) in [4.78, 5) is 21.5. The molecule has 2 N–H and O–H groups in total. The molecule has 0 radical (unpaired) electrons. The second-order valence-electron chi connectivity index (χ2n) is 4.38. The van der Waals surface area contributed by atoms with Crippen molar-refractivity contribution in [3.05, 3.63) is 0 Å². The molecule has 0 aliphatic heterocycles. The third kappa shape index (κ3) is 10.1. The summed E-state index contributed by atoms with van der Waals surface area (Å²) >= 11 is 0. The molecule has 0 saturated heterocycles. The summed E-state index contributed by atoms with van der Waals surface area (Å²) < 4.78 is 4.94. The fraction of sp³-hybridized carbons (Fsp3) is 0.846. The van der Waals surface area contributed by atoms with Crippen LogP contribution in [0.15, 0.2) is 0 Å². The molecule has 5 heteroatoms. The molecule has 0 aliphatic carbocycles. The largest absolute Gasteiger partial charge is 0.479 e. The van der Waals surface area contributed by atoms with Gasteiger partial charge in [0, 0.05) is 6.42 Å². The first-order valence-corrected chi connectivity index (χ1v) is 6.64. The highest BCUT2D eigenvalue weighted by Gasteiger charge is 2.15. The van der Waals surface area contributed by atoms with Gasteiger partial charge in [0.2, 0.25) is 0 Å². The topological polar surface area (TPSA) is 83.8 Å². The number of hydrogen-bond donors (Lipinski definition) is 2. The number of unbranched alkanes of at least 4 members (excludes halogenated alkanes) is 5. The number of rotatable bonds is 11. The van der Waals surface area contributed by atoms with E-state index in [0.717, 1.165) is 19.3 Å². The van der Waals surface area contributed by atoms with Gasteiger partial charge in [0.25, 0.3) is 0 Å². The molecule has 1 atom stereocenters. The molecule has 18 heavy (non-hydrogen) atoms. The molecular formula is C13H24O5. The van der Waals surface area contributed by atoms with Crippen LogP contribution >= 0.6 is 0 Å². The van der Waals surface area contributed by atoms with Gasteiger partial charge in [-0.25, -0.2) is 4.79 Å². The number of carbonyl (C=O) groups is 2. The standard InChI is InChI=1S/C13H24O5/c1-2-3-4-5-6-7-10-18-12(15)9-8-11(14)13(16)17/h11,14H,2-10H2,1H3,(H,16,17). The van der Waals surface area contributed by atoms with Crippen molar-refractivity contribution in [2.75, 3.05) is 6.61 Å². The smallest absolute Gasteiger partial charge is 0.332 e. The van der Waals surface area contributed by atoms with Crippen molar-refractivity contribution < 1.29 is 24.5 Å². The maximum absolute atomic E-state index is 11.2. The van der Waals surface area contributed by atoms with Gasteiger partial charge in [-0.3, -0.25) is 4.79 Å². The molecule has 0 aromatic carbocycles. The van der Waals surface area contributed by atoms with Gasteiger partial charge in [-0.1, -0.05) is 39.0 Å². The van der Waals surface area contributed by atoms with Gasteiger partial charge < -0.3 is 14.9 Å². The molecule has 0 rings (SSSR count). The number of esters is 1. The summed E-state index contributed by atoms with van der Waals surface area (Å²) in [6.07, 6.45) is 5.09. The zero-order valence-corrected chi connectivity index (χ0v) is 11.1. The van der Waals surface area contributed by atoms with Crippen LogP contribution in [0.25, 0.3) is 0 Å². The molecule has 0 bridgehead atoms. The maximum Gasteiger partial charge on any atom is 0.332 e. The van der Waals surface area contributed by atoms with Gasteiger partial charge in [-0.15, -0.1) is 0 Å². The predicted octanol–water partition coefficient (Wildman–Crippen LogP) is 2.12. The second-order valence-corrected chi connectivity index (χ2v) is 4.38. The van der Waals surface area contributed by atoms with Gasteiger partial charge in [0.15, 0.2) is 6.10 Å². The third-order valence-electron chi connectivity index (χ3n) is 2.67. The van der Waals surface area contributed by atoms with Crippen LogP contribution in [0.5, 0.6) is 0 Å². The molecule has 0 aromatic heterocycles. The predicted molar refractivity (Wildman–Crippen MR) is 67.2 cm³/mol. The van der Waals surface area contributed by atoms with Crippen molar-refractivity contribution in [1.82, 2.24) is 0 Å². The molecule has 0 aliphatic rings. The highest BCUT2D eigenvalue weighted by Crippen LogP contribution is 2.05. The number of carbonyl (C=O) groups excluding carboxylic acids is 1. The van der Waals surface area contributed by atoms with Crippen LogP contribution < -0.4 is 0 Å². The first kappa shape index (κ1) is 16.9. The van der Waals surface area contributed by atoms with Crippen molar-refractivity contribution in [3.8, 4) is 0 Å². The number of aliphatic carboxylic acids is 1. The zero-order chi connectivity index (χ0) is 13.8. The number of carboxylic acid groups (broad SMARTS) is 1. The number of aliphatic hydroxyl groups is 1. The summed E-state index contributed by atoms with van der Waals surface area (Å²) in [6, 6.07) is 0. The lowest BCUT2D eigenvalue weighted by atomic mass is 10.1. The van der Waals surface area contributed by atoms with Crippen LogP contribution in [0.4, 0.5) is 0 Å². The molecule has 5 nitrogen and oxygen atoms in total. The Kier molecular flexibility index (Phi) is 10.3. The Morgan fingerprint density at radius 1 is 1.11 bits per heavy atom. The second kappa shape index (κ2) is 11.0. The van der Waals surface area contributed by atoms with Crippen LogP contribution in [0.1, 0.15) is 58.3 Å². The van der Waals surface area contributed by atoms with E-state index in [2.05, 4.69) is 6.92 Å². The lowest BCUT2D eigenvalue weighted by molar-refractivity contribution is -0.149. The van der Waals surface area contributed by atoms with Crippen LogP contribution in [-0.4, -0.2) is 34.9 Å². The quantitative estimate of drug-likeness (QED) is 0.439. The Labute approximate surface area is 108 Å². The molecule has 0 aromatic rings. The van der Waals surface area contributed by atoms with Crippen molar-refractivity contribution in [2.24, 2.45) is 0 Å². The number of carboxylic acids is 1. The van der Waals surface area contributed by atoms with E-state index in [4.69, 9.17) is 14.9 Å². The Balaban J connectivity index is 3.35. The van der Waals surface area contributed by atoms with Crippen molar-refractivity contribution >= 4 is 11.9 Å². The minimum absolute atomic E-state index is 0.0523. The number of ether oxygens (including phenoxy) is 1. The molecular weight excluding hydrogens is 236 g/mol. The van der Waals surface area contributed by atoms with Gasteiger partial charge in [-0.2, -0.15) is 0 Å². The maximum atomic E-state index is 11.2. The lowest BCUT2D eigenvalue weighted by Gasteiger charge is -2.06. The van der Waals surface area contributed by atoms with E-state index in [1.807, 2.05) is 0 Å². The summed E-state index contributed by atoms with van der Waals surface area (Å²) in [5.74, 6) is -1.75. The summed E-state index contributed by atoms with van der Waals surface area (Å²) in [6.45, 7) is 2.54. The molecule has 0 heterocycles. The van der Waals surface area contributed by atoms with Gasteiger partial charge >= 0.3 is 11.9 Å². The molecule has 0 fully saturated rings. The average molecular weight is 260 g/mol. The fourth-order valence-electron chi connectivity index (χ4n) is 1.52. The highest BCUT2D eigenvalue weighted by molar-refractivity contribution is 5.74. The van der Waals surface area contributed by atoms with Gasteiger partial charge in [0.1, 0.15) is 0 Å². The SMILES string of the molecule is CCCCCCCCOC(=O)CCC(O)C(=O)O. The highest BCUT2D eigenvalue weighted by atomic mass is 16.5. The lowest BCUT2D eigenvalue weighted by Crippen LogP contribution is -2.21. The monoisotopic (exact) mass is 260 g/mol. The summed E-state index contributed by atoms with van der Waals surface area (Å²) in [7, 11) is 0. The molecule has 0 spiro atoms. The van der Waals surface area contributed by atoms with Gasteiger partial charge in [0.05, 0.1) is 6.61 Å². The van der Waals surface area contributed by atoms with Crippen LogP contribution in [0.3, 0.4) is 0 Å². The minimum atomic E-state index is -1.48. The van der Waals surface area contributed by atoms with Crippen molar-refractivity contribution in [2.45, 2.75) is 64.4 Å². The van der Waals surface area contributed by atoms with E-state index in [-0.39, 0.29) is 12.8 Å². The number of hydrogen-bond acceptors (Lipinski definition) is 4. The fourth-order valence-corrected chi connectivity index (χ4v) is 1.52. The Bertz CT molecular complexity index is 240. The van der Waals surface area contributed by atoms with E-state index >= 15 is 0 Å². The third-order valence-corrected chi connectivity index (χ3v) is 2.67. The Hall–Kier alpha value is -1.10. The van der Waals surface area contributed by atoms with E-state index < -0.39 is 18.0 Å². The molecule has 106 valence electrons. The van der Waals surface area contributed by atoms with E-state index in [1.54, 1.807) is 0 Å². The Morgan fingerprint density at radius 2 is 1.72 bits per heavy atom. The van der Waals surface area contributed by atoms with E-state index in [1.165, 1.54) is 19.3 Å². The van der Waals surface area contributed by atoms with E-state index in [9.17, 15) is 9.59 Å². The first-order valence-electron chi connectivity index (χ1n) is 6.64. The van der Waals surface area contributed by atoms with Crippen LogP contribution in [0.2, 0.25) is 0 Å². The molecule has 0 saturated carbocycles. The normalized spacial score (nSPS) is 12.1. The van der Waals surface area contributed by atoms with Crippen molar-refractivity contribution in [3.63, 3.8) is 0 Å². The minimum Gasteiger partial charge on any atom is -0.479 e. The summed E-state index contributed by atoms with van der Waals surface area (Å²) in [5, 5.41) is 17.4. The van der Waals surface area contributed by atoms with E-state index in [0.29, 0.717) is 6.61 Å². The van der Waals surface area contributed by atoms with Crippen molar-refractivity contribution in [1.29, 1.82) is 0 Å². The zero-order valence-electron chi connectivity index (χ0n) is 11.1. The molecule has 1 unspecified atom stereocenters. The first-order chi connectivity index (χ1) is 8.57. The molecule has 0 amide bonds. The number of aliphatic hydroxyl groups excluding tert-OH is 1. The summed E-state index contributed by atoms with van der Waals surface area (Å²) in [5.41, 5.74) is 0.